The molecule has 0 aromatic heterocycles. The smallest absolute Gasteiger partial charge is 0.311 e. The summed E-state index contributed by atoms with van der Waals surface area (Å²) in [6, 6.07) is 12.6. The Morgan fingerprint density at radius 1 is 1.11 bits per heavy atom. The lowest BCUT2D eigenvalue weighted by Gasteiger charge is -2.17. The third-order valence-corrected chi connectivity index (χ3v) is 3.87. The van der Waals surface area contributed by atoms with Gasteiger partial charge in [-0.2, -0.15) is 0 Å². The summed E-state index contributed by atoms with van der Waals surface area (Å²) in [4.78, 5) is 32.9. The summed E-state index contributed by atoms with van der Waals surface area (Å²) in [5, 5.41) is 24.9. The van der Waals surface area contributed by atoms with Gasteiger partial charge in [-0.1, -0.05) is 30.3 Å². The first-order chi connectivity index (χ1) is 12.9. The van der Waals surface area contributed by atoms with Crippen LogP contribution in [0.2, 0.25) is 0 Å². The van der Waals surface area contributed by atoms with E-state index in [0.29, 0.717) is 6.42 Å². The van der Waals surface area contributed by atoms with Crippen LogP contribution >= 0.6 is 0 Å². The molecule has 0 amide bonds. The van der Waals surface area contributed by atoms with Gasteiger partial charge in [0.15, 0.2) is 0 Å². The Morgan fingerprint density at radius 2 is 1.81 bits per heavy atom. The van der Waals surface area contributed by atoms with Crippen LogP contribution in [0.1, 0.15) is 12.5 Å². The van der Waals surface area contributed by atoms with E-state index in [-0.39, 0.29) is 24.5 Å². The number of carbonyl (C=O) groups is 1. The van der Waals surface area contributed by atoms with E-state index in [1.54, 1.807) is 6.92 Å². The molecule has 2 aromatic carbocycles. The summed E-state index contributed by atoms with van der Waals surface area (Å²) >= 11 is 0. The van der Waals surface area contributed by atoms with Crippen molar-refractivity contribution >= 4 is 23.0 Å². The van der Waals surface area contributed by atoms with Gasteiger partial charge in [0.05, 0.1) is 28.4 Å². The summed E-state index contributed by atoms with van der Waals surface area (Å²) < 4.78 is 5.09. The molecule has 0 unspecified atom stereocenters. The summed E-state index contributed by atoms with van der Waals surface area (Å²) in [6.45, 7) is 2.01. The molecule has 0 radical (unpaired) electrons. The molecule has 0 spiro atoms. The Hall–Kier alpha value is -3.49. The predicted molar refractivity (Wildman–Crippen MR) is 98.5 cm³/mol. The van der Waals surface area contributed by atoms with Gasteiger partial charge in [-0.05, 0) is 25.0 Å². The topological polar surface area (TPSA) is 125 Å². The molecule has 2 aromatic rings. The van der Waals surface area contributed by atoms with Crippen molar-refractivity contribution in [2.75, 3.05) is 18.5 Å². The highest BCUT2D eigenvalue weighted by Crippen LogP contribution is 2.29. The van der Waals surface area contributed by atoms with E-state index in [1.165, 1.54) is 12.1 Å². The number of hydrogen-bond acceptors (Lipinski definition) is 7. The number of nitro groups is 2. The molecule has 0 fully saturated rings. The summed E-state index contributed by atoms with van der Waals surface area (Å²) in [6.07, 6.45) is 0.396. The van der Waals surface area contributed by atoms with Gasteiger partial charge in [0.25, 0.3) is 11.4 Å². The van der Waals surface area contributed by atoms with Crippen LogP contribution in [0.4, 0.5) is 17.1 Å². The van der Waals surface area contributed by atoms with E-state index in [4.69, 9.17) is 4.74 Å². The summed E-state index contributed by atoms with van der Waals surface area (Å²) in [7, 11) is 0. The first kappa shape index (κ1) is 19.8. The van der Waals surface area contributed by atoms with Crippen molar-refractivity contribution < 1.29 is 19.4 Å². The number of esters is 1. The first-order valence-corrected chi connectivity index (χ1v) is 8.29. The minimum atomic E-state index is -0.702. The van der Waals surface area contributed by atoms with E-state index in [1.807, 2.05) is 30.3 Å². The number of nitrogens with one attached hydrogen (secondary N) is 1. The van der Waals surface area contributed by atoms with Crippen molar-refractivity contribution in [2.45, 2.75) is 13.3 Å². The maximum atomic E-state index is 12.2. The lowest BCUT2D eigenvalue weighted by Crippen LogP contribution is -2.27. The van der Waals surface area contributed by atoms with Crippen LogP contribution in [-0.4, -0.2) is 29.0 Å². The van der Waals surface area contributed by atoms with Crippen molar-refractivity contribution in [1.29, 1.82) is 0 Å². The molecule has 0 aliphatic carbocycles. The lowest BCUT2D eigenvalue weighted by atomic mass is 9.99. The highest BCUT2D eigenvalue weighted by molar-refractivity contribution is 5.74. The molecule has 9 heteroatoms. The Labute approximate surface area is 155 Å². The zero-order chi connectivity index (χ0) is 19.8. The van der Waals surface area contributed by atoms with Gasteiger partial charge < -0.3 is 10.1 Å². The molecule has 0 aliphatic rings. The van der Waals surface area contributed by atoms with Crippen molar-refractivity contribution in [3.8, 4) is 0 Å². The third kappa shape index (κ3) is 5.50. The van der Waals surface area contributed by atoms with Gasteiger partial charge in [0.2, 0.25) is 0 Å². The molecule has 0 heterocycles. The Balaban J connectivity index is 2.19. The zero-order valence-corrected chi connectivity index (χ0v) is 14.7. The molecule has 1 N–H and O–H groups in total. The SMILES string of the molecule is CCOC(=O)[C@@H](CNc1ccc([N+](=O)[O-])cc1[N+](=O)[O-])Cc1ccccc1. The fraction of sp³-hybridized carbons (Fsp3) is 0.278. The average molecular weight is 373 g/mol. The second kappa shape index (κ2) is 9.27. The fourth-order valence-corrected chi connectivity index (χ4v) is 2.56. The van der Waals surface area contributed by atoms with Crippen LogP contribution in [0.3, 0.4) is 0 Å². The number of hydrogen-bond donors (Lipinski definition) is 1. The highest BCUT2D eigenvalue weighted by atomic mass is 16.6. The van der Waals surface area contributed by atoms with Crippen molar-refractivity contribution in [3.05, 3.63) is 74.3 Å². The average Bonchev–Trinajstić information content (AvgIpc) is 2.65. The van der Waals surface area contributed by atoms with E-state index in [2.05, 4.69) is 5.32 Å². The van der Waals surface area contributed by atoms with Gasteiger partial charge in [-0.3, -0.25) is 25.0 Å². The molecule has 9 nitrogen and oxygen atoms in total. The zero-order valence-electron chi connectivity index (χ0n) is 14.7. The van der Waals surface area contributed by atoms with Gasteiger partial charge in [0, 0.05) is 12.6 Å². The molecule has 0 saturated carbocycles. The molecule has 2 rings (SSSR count). The number of carbonyl (C=O) groups excluding carboxylic acids is 1. The van der Waals surface area contributed by atoms with E-state index < -0.39 is 27.4 Å². The quantitative estimate of drug-likeness (QED) is 0.406. The first-order valence-electron chi connectivity index (χ1n) is 8.29. The summed E-state index contributed by atoms with van der Waals surface area (Å²) in [5.41, 5.74) is 0.230. The van der Waals surface area contributed by atoms with E-state index in [0.717, 1.165) is 11.6 Å². The number of anilines is 1. The second-order valence-corrected chi connectivity index (χ2v) is 5.74. The number of benzene rings is 2. The number of non-ortho nitro benzene ring substituents is 1. The van der Waals surface area contributed by atoms with Gasteiger partial charge >= 0.3 is 5.97 Å². The normalized spacial score (nSPS) is 11.4. The van der Waals surface area contributed by atoms with E-state index in [9.17, 15) is 25.0 Å². The van der Waals surface area contributed by atoms with Gasteiger partial charge in [-0.25, -0.2) is 0 Å². The fourth-order valence-electron chi connectivity index (χ4n) is 2.56. The Bertz CT molecular complexity index is 825. The van der Waals surface area contributed by atoms with Crippen LogP contribution < -0.4 is 5.32 Å². The lowest BCUT2D eigenvalue weighted by molar-refractivity contribution is -0.393. The van der Waals surface area contributed by atoms with Crippen LogP contribution in [0, 0.1) is 26.1 Å². The number of rotatable bonds is 9. The second-order valence-electron chi connectivity index (χ2n) is 5.74. The number of nitro benzene ring substituents is 2. The molecule has 0 aliphatic heterocycles. The van der Waals surface area contributed by atoms with Crippen LogP contribution in [0.25, 0.3) is 0 Å². The molecular formula is C18H19N3O6. The van der Waals surface area contributed by atoms with Crippen LogP contribution in [0.15, 0.2) is 48.5 Å². The molecule has 0 saturated heterocycles. The van der Waals surface area contributed by atoms with Gasteiger partial charge in [0.1, 0.15) is 5.69 Å². The molecule has 1 atom stereocenters. The van der Waals surface area contributed by atoms with Crippen molar-refractivity contribution in [2.24, 2.45) is 5.92 Å². The maximum Gasteiger partial charge on any atom is 0.311 e. The minimum Gasteiger partial charge on any atom is -0.466 e. The number of ether oxygens (including phenoxy) is 1. The van der Waals surface area contributed by atoms with Crippen LogP contribution in [-0.2, 0) is 16.0 Å². The van der Waals surface area contributed by atoms with E-state index >= 15 is 0 Å². The van der Waals surface area contributed by atoms with Gasteiger partial charge in [-0.15, -0.1) is 0 Å². The molecule has 0 bridgehead atoms. The number of nitrogens with zero attached hydrogens (tertiary/aromatic N) is 2. The third-order valence-electron chi connectivity index (χ3n) is 3.87. The Kier molecular flexibility index (Phi) is 6.81. The summed E-state index contributed by atoms with van der Waals surface area (Å²) in [5.74, 6) is -0.986. The monoisotopic (exact) mass is 373 g/mol. The Morgan fingerprint density at radius 3 is 2.41 bits per heavy atom. The van der Waals surface area contributed by atoms with Crippen molar-refractivity contribution in [1.82, 2.24) is 0 Å². The maximum absolute atomic E-state index is 12.2. The molecule has 142 valence electrons. The van der Waals surface area contributed by atoms with Crippen LogP contribution in [0.5, 0.6) is 0 Å². The predicted octanol–water partition coefficient (Wildman–Crippen LogP) is 3.34. The molecule has 27 heavy (non-hydrogen) atoms. The highest BCUT2D eigenvalue weighted by Gasteiger charge is 2.23. The molecular weight excluding hydrogens is 354 g/mol. The minimum absolute atomic E-state index is 0.0897. The largest absolute Gasteiger partial charge is 0.466 e. The van der Waals surface area contributed by atoms with Crippen molar-refractivity contribution in [3.63, 3.8) is 0 Å². The standard InChI is InChI=1S/C18H19N3O6/c1-2-27-18(22)14(10-13-6-4-3-5-7-13)12-19-16-9-8-15(20(23)24)11-17(16)21(25)26/h3-9,11,14,19H,2,10,12H2,1H3/t14-/m1/s1.